The van der Waals surface area contributed by atoms with Crippen molar-refractivity contribution in [2.75, 3.05) is 20.2 Å². The largest absolute Gasteiger partial charge is 0.497 e. The average Bonchev–Trinajstić information content (AvgIpc) is 3.19. The van der Waals surface area contributed by atoms with E-state index in [4.69, 9.17) is 9.47 Å². The molecule has 2 fully saturated rings. The maximum absolute atomic E-state index is 15.4. The predicted molar refractivity (Wildman–Crippen MR) is 154 cm³/mol. The number of piperidine rings is 2. The minimum Gasteiger partial charge on any atom is -0.497 e. The van der Waals surface area contributed by atoms with E-state index in [-0.39, 0.29) is 37.5 Å². The van der Waals surface area contributed by atoms with Gasteiger partial charge < -0.3 is 14.4 Å². The van der Waals surface area contributed by atoms with Crippen molar-refractivity contribution in [2.24, 2.45) is 7.05 Å². The smallest absolute Gasteiger partial charge is 0.410 e. The first-order valence-electron chi connectivity index (χ1n) is 14.2. The third-order valence-electron chi connectivity index (χ3n) is 8.03. The zero-order valence-electron chi connectivity index (χ0n) is 24.6. The third-order valence-corrected chi connectivity index (χ3v) is 8.03. The van der Waals surface area contributed by atoms with Crippen LogP contribution in [0.2, 0.25) is 0 Å². The van der Waals surface area contributed by atoms with E-state index in [1.807, 2.05) is 0 Å². The van der Waals surface area contributed by atoms with Crippen molar-refractivity contribution in [2.45, 2.75) is 70.3 Å². The zero-order valence-corrected chi connectivity index (χ0v) is 24.6. The molecule has 42 heavy (non-hydrogen) atoms. The Kier molecular flexibility index (Phi) is 7.87. The fourth-order valence-electron chi connectivity index (χ4n) is 5.83. The number of amides is 3. The van der Waals surface area contributed by atoms with Gasteiger partial charge in [-0.1, -0.05) is 18.2 Å². The van der Waals surface area contributed by atoms with Gasteiger partial charge in [0.15, 0.2) is 0 Å². The van der Waals surface area contributed by atoms with Crippen LogP contribution in [0, 0.1) is 0 Å². The molecule has 2 aliphatic rings. The maximum atomic E-state index is 15.4. The average molecular weight is 581 g/mol. The summed E-state index contributed by atoms with van der Waals surface area (Å²) in [5, 5.41) is 0. The summed E-state index contributed by atoms with van der Waals surface area (Å²) in [6, 6.07) is 11.6. The number of ether oxygens (including phenoxy) is 2. The van der Waals surface area contributed by atoms with Gasteiger partial charge in [-0.25, -0.2) is 14.0 Å². The minimum atomic E-state index is -1.31. The van der Waals surface area contributed by atoms with Gasteiger partial charge in [0, 0.05) is 25.9 Å². The molecular formula is C31H37FN4O6. The number of halogens is 1. The number of likely N-dealkylation sites (tertiary alicyclic amines) is 2. The lowest BCUT2D eigenvalue weighted by molar-refractivity contribution is -0.151. The monoisotopic (exact) mass is 580 g/mol. The van der Waals surface area contributed by atoms with Crippen LogP contribution >= 0.6 is 0 Å². The molecule has 2 aliphatic heterocycles. The number of methoxy groups -OCH3 is 1. The molecule has 11 heteroatoms. The number of fused-ring (bicyclic) bond motifs is 1. The fraction of sp³-hybridized carbons (Fsp3) is 0.484. The van der Waals surface area contributed by atoms with Gasteiger partial charge in [0.25, 0.3) is 5.91 Å². The van der Waals surface area contributed by atoms with E-state index in [2.05, 4.69) is 0 Å². The van der Waals surface area contributed by atoms with Gasteiger partial charge in [-0.2, -0.15) is 0 Å². The lowest BCUT2D eigenvalue weighted by Crippen LogP contribution is -2.47. The third kappa shape index (κ3) is 5.64. The van der Waals surface area contributed by atoms with Crippen LogP contribution in [0.4, 0.5) is 9.18 Å². The molecule has 2 saturated heterocycles. The molecule has 3 aromatic rings. The second-order valence-corrected chi connectivity index (χ2v) is 12.0. The van der Waals surface area contributed by atoms with E-state index in [9.17, 15) is 19.2 Å². The van der Waals surface area contributed by atoms with Crippen molar-refractivity contribution in [3.05, 3.63) is 64.1 Å². The number of rotatable bonds is 5. The molecule has 0 N–H and O–H groups in total. The summed E-state index contributed by atoms with van der Waals surface area (Å²) in [5.74, 6) is -0.504. The van der Waals surface area contributed by atoms with Crippen molar-refractivity contribution < 1.29 is 28.2 Å². The Morgan fingerprint density at radius 2 is 1.74 bits per heavy atom. The number of benzene rings is 2. The number of aromatic nitrogens is 2. The van der Waals surface area contributed by atoms with Crippen LogP contribution in [0.25, 0.3) is 11.0 Å². The first-order valence-corrected chi connectivity index (χ1v) is 14.2. The van der Waals surface area contributed by atoms with Crippen LogP contribution in [0.1, 0.15) is 63.1 Å². The highest BCUT2D eigenvalue weighted by molar-refractivity contribution is 6.00. The number of nitrogens with zero attached hydrogens (tertiary/aromatic N) is 4. The summed E-state index contributed by atoms with van der Waals surface area (Å²) in [5.41, 5.74) is 1.57. The molecule has 0 spiro atoms. The predicted octanol–water partition coefficient (Wildman–Crippen LogP) is 4.30. The first-order chi connectivity index (χ1) is 19.9. The van der Waals surface area contributed by atoms with Crippen molar-refractivity contribution >= 4 is 28.9 Å². The highest BCUT2D eigenvalue weighted by Gasteiger charge is 2.38. The first kappa shape index (κ1) is 29.3. The molecule has 3 heterocycles. The summed E-state index contributed by atoms with van der Waals surface area (Å²) in [7, 11) is 3.18. The highest BCUT2D eigenvalue weighted by atomic mass is 19.1. The molecule has 2 aromatic carbocycles. The normalized spacial score (nSPS) is 21.6. The zero-order chi connectivity index (χ0) is 30.3. The van der Waals surface area contributed by atoms with Gasteiger partial charge in [0.1, 0.15) is 23.6 Å². The van der Waals surface area contributed by atoms with E-state index in [0.717, 1.165) is 11.1 Å². The summed E-state index contributed by atoms with van der Waals surface area (Å²) in [4.78, 5) is 54.9. The van der Waals surface area contributed by atoms with Crippen molar-refractivity contribution in [1.82, 2.24) is 18.9 Å². The Morgan fingerprint density at radius 1 is 1.02 bits per heavy atom. The Bertz CT molecular complexity index is 1570. The second kappa shape index (κ2) is 11.3. The number of hydrogen-bond acceptors (Lipinski definition) is 6. The lowest BCUT2D eigenvalue weighted by atomic mass is 9.88. The molecule has 5 rings (SSSR count). The molecule has 3 amide bonds. The maximum Gasteiger partial charge on any atom is 0.410 e. The number of aryl methyl sites for hydroxylation is 1. The van der Waals surface area contributed by atoms with Crippen molar-refractivity contribution in [1.29, 1.82) is 0 Å². The lowest BCUT2D eigenvalue weighted by Gasteiger charge is -2.35. The molecule has 0 saturated carbocycles. The SMILES string of the molecule is COc1ccc(CN2C(=O)CCC(n3c(=O)n(C)c4cc(C5CCN(C(=O)OC(C)(C)C)C[C@@H]5F)ccc43)C2=O)cc1. The van der Waals surface area contributed by atoms with Crippen LogP contribution < -0.4 is 10.4 Å². The van der Waals surface area contributed by atoms with Gasteiger partial charge >= 0.3 is 11.8 Å². The molecule has 0 radical (unpaired) electrons. The van der Waals surface area contributed by atoms with Crippen LogP contribution in [0.5, 0.6) is 5.75 Å². The van der Waals surface area contributed by atoms with E-state index in [0.29, 0.717) is 29.7 Å². The fourth-order valence-corrected chi connectivity index (χ4v) is 5.83. The molecular weight excluding hydrogens is 543 g/mol. The number of imide groups is 1. The molecule has 0 aliphatic carbocycles. The Labute approximate surface area is 243 Å². The van der Waals surface area contributed by atoms with Crippen LogP contribution in [0.3, 0.4) is 0 Å². The van der Waals surface area contributed by atoms with Gasteiger partial charge in [-0.15, -0.1) is 0 Å². The molecule has 3 atom stereocenters. The standard InChI is InChI=1S/C31H37FN4O6/c1-31(2,3)42-30(40)34-15-14-22(23(32)18-34)20-8-11-24-26(16-20)33(4)29(39)36(24)25-12-13-27(37)35(28(25)38)17-19-6-9-21(41-5)10-7-19/h6-11,16,22-23,25H,12-15,17-18H2,1-5H3/t22?,23-,25?/m0/s1. The van der Waals surface area contributed by atoms with Crippen LogP contribution in [-0.2, 0) is 27.9 Å². The van der Waals surface area contributed by atoms with Gasteiger partial charge in [0.2, 0.25) is 5.91 Å². The quantitative estimate of drug-likeness (QED) is 0.417. The Balaban J connectivity index is 1.38. The number of hydrogen-bond donors (Lipinski definition) is 0. The highest BCUT2D eigenvalue weighted by Crippen LogP contribution is 2.34. The van der Waals surface area contributed by atoms with Crippen molar-refractivity contribution in [3.63, 3.8) is 0 Å². The van der Waals surface area contributed by atoms with Crippen molar-refractivity contribution in [3.8, 4) is 5.75 Å². The Hall–Kier alpha value is -4.15. The topological polar surface area (TPSA) is 103 Å². The van der Waals surface area contributed by atoms with Gasteiger partial charge in [0.05, 0.1) is 31.2 Å². The van der Waals surface area contributed by atoms with E-state index in [1.54, 1.807) is 77.4 Å². The number of alkyl halides is 1. The number of imidazole rings is 1. The van der Waals surface area contributed by atoms with Gasteiger partial charge in [-0.05, 0) is 69.0 Å². The molecule has 224 valence electrons. The van der Waals surface area contributed by atoms with E-state index in [1.165, 1.54) is 18.9 Å². The number of carbonyl (C=O) groups excluding carboxylic acids is 3. The number of carbonyl (C=O) groups is 3. The summed E-state index contributed by atoms with van der Waals surface area (Å²) >= 11 is 0. The summed E-state index contributed by atoms with van der Waals surface area (Å²) in [6.45, 7) is 5.69. The minimum absolute atomic E-state index is 0.0772. The van der Waals surface area contributed by atoms with Crippen LogP contribution in [-0.4, -0.2) is 68.8 Å². The molecule has 1 aromatic heterocycles. The van der Waals surface area contributed by atoms with Gasteiger partial charge in [-0.3, -0.25) is 23.6 Å². The Morgan fingerprint density at radius 3 is 2.38 bits per heavy atom. The molecule has 0 bridgehead atoms. The van der Waals surface area contributed by atoms with E-state index < -0.39 is 35.7 Å². The second-order valence-electron chi connectivity index (χ2n) is 12.0. The van der Waals surface area contributed by atoms with Crippen LogP contribution in [0.15, 0.2) is 47.3 Å². The molecule has 10 nitrogen and oxygen atoms in total. The van der Waals surface area contributed by atoms with E-state index >= 15 is 4.39 Å². The molecule has 2 unspecified atom stereocenters. The summed E-state index contributed by atoms with van der Waals surface area (Å²) < 4.78 is 28.9. The summed E-state index contributed by atoms with van der Waals surface area (Å²) in [6.07, 6.45) is -1.08.